The van der Waals surface area contributed by atoms with E-state index in [0.29, 0.717) is 29.5 Å². The molecule has 0 spiro atoms. The third-order valence-electron chi connectivity index (χ3n) is 4.94. The predicted octanol–water partition coefficient (Wildman–Crippen LogP) is 2.66. The Kier molecular flexibility index (Phi) is 3.71. The van der Waals surface area contributed by atoms with Gasteiger partial charge in [0.05, 0.1) is 6.04 Å². The lowest BCUT2D eigenvalue weighted by Crippen LogP contribution is -2.39. The maximum atomic E-state index is 12.8. The van der Waals surface area contributed by atoms with E-state index in [0.717, 1.165) is 30.4 Å². The number of fused-ring (bicyclic) bond motifs is 1. The van der Waals surface area contributed by atoms with Gasteiger partial charge >= 0.3 is 0 Å². The fraction of sp³-hybridized carbons (Fsp3) is 0.389. The van der Waals surface area contributed by atoms with Gasteiger partial charge in [-0.2, -0.15) is 5.10 Å². The van der Waals surface area contributed by atoms with Crippen LogP contribution >= 0.6 is 0 Å². The van der Waals surface area contributed by atoms with E-state index in [4.69, 9.17) is 0 Å². The largest absolute Gasteiger partial charge is 0.330 e. The summed E-state index contributed by atoms with van der Waals surface area (Å²) >= 11 is 0. The molecule has 0 N–H and O–H groups in total. The van der Waals surface area contributed by atoms with Gasteiger partial charge in [-0.3, -0.25) is 4.79 Å². The summed E-state index contributed by atoms with van der Waals surface area (Å²) < 4.78 is 1.56. The van der Waals surface area contributed by atoms with Crippen molar-refractivity contribution in [3.63, 3.8) is 0 Å². The summed E-state index contributed by atoms with van der Waals surface area (Å²) in [6, 6.07) is 7.66. The zero-order valence-corrected chi connectivity index (χ0v) is 14.3. The van der Waals surface area contributed by atoms with Gasteiger partial charge in [0.15, 0.2) is 11.6 Å². The van der Waals surface area contributed by atoms with Crippen LogP contribution in [0.2, 0.25) is 0 Å². The monoisotopic (exact) mass is 337 g/mol. The first-order chi connectivity index (χ1) is 12.1. The molecular formula is C18H19N5O2. The summed E-state index contributed by atoms with van der Waals surface area (Å²) in [4.78, 5) is 30.6. The van der Waals surface area contributed by atoms with Gasteiger partial charge in [0.25, 0.3) is 5.91 Å². The molecule has 0 aliphatic carbocycles. The second kappa shape index (κ2) is 5.91. The molecule has 2 aliphatic rings. The van der Waals surface area contributed by atoms with Gasteiger partial charge in [0.2, 0.25) is 0 Å². The summed E-state index contributed by atoms with van der Waals surface area (Å²) in [6.07, 6.45) is 2.72. The van der Waals surface area contributed by atoms with E-state index < -0.39 is 0 Å². The van der Waals surface area contributed by atoms with E-state index in [1.165, 1.54) is 0 Å². The van der Waals surface area contributed by atoms with E-state index >= 15 is 0 Å². The van der Waals surface area contributed by atoms with Crippen LogP contribution in [-0.2, 0) is 11.8 Å². The van der Waals surface area contributed by atoms with Crippen LogP contribution in [0, 0.1) is 11.8 Å². The molecule has 1 aromatic heterocycles. The van der Waals surface area contributed by atoms with Crippen LogP contribution in [0.1, 0.15) is 30.7 Å². The maximum absolute atomic E-state index is 12.8. The van der Waals surface area contributed by atoms with Gasteiger partial charge in [-0.1, -0.05) is 29.8 Å². The van der Waals surface area contributed by atoms with Gasteiger partial charge in [-0.25, -0.2) is 9.67 Å². The Morgan fingerprint density at radius 2 is 1.96 bits per heavy atom. The van der Waals surface area contributed by atoms with Gasteiger partial charge < -0.3 is 4.90 Å². The Bertz CT molecular complexity index is 881. The number of carbonyl (C=O) groups is 1. The first kappa shape index (κ1) is 15.7. The lowest BCUT2D eigenvalue weighted by atomic mass is 10.0. The van der Waals surface area contributed by atoms with Crippen LogP contribution in [0.5, 0.6) is 0 Å². The normalized spacial score (nSPS) is 20.2. The summed E-state index contributed by atoms with van der Waals surface area (Å²) in [5.41, 5.74) is 2.63. The second-order valence-electron chi connectivity index (χ2n) is 6.61. The lowest BCUT2D eigenvalue weighted by molar-refractivity contribution is -0.126. The fourth-order valence-electron chi connectivity index (χ4n) is 3.62. The van der Waals surface area contributed by atoms with Crippen molar-refractivity contribution in [1.29, 1.82) is 0 Å². The number of piperidine rings is 1. The highest BCUT2D eigenvalue weighted by atomic mass is 16.3. The molecule has 3 heterocycles. The number of nitroso groups, excluding NO2 is 1. The van der Waals surface area contributed by atoms with Crippen LogP contribution < -0.4 is 0 Å². The molecule has 128 valence electrons. The summed E-state index contributed by atoms with van der Waals surface area (Å²) in [7, 11) is 1.74. The molecule has 7 heteroatoms. The molecule has 1 aromatic carbocycles. The summed E-state index contributed by atoms with van der Waals surface area (Å²) in [6.45, 7) is 2.68. The molecule has 1 fully saturated rings. The number of benzene rings is 1. The van der Waals surface area contributed by atoms with Crippen LogP contribution in [0.4, 0.5) is 0 Å². The van der Waals surface area contributed by atoms with E-state index in [-0.39, 0.29) is 11.9 Å². The Morgan fingerprint density at radius 1 is 1.20 bits per heavy atom. The average Bonchev–Trinajstić information content (AvgIpc) is 3.13. The van der Waals surface area contributed by atoms with Gasteiger partial charge in [-0.15, -0.1) is 4.91 Å². The van der Waals surface area contributed by atoms with E-state index in [1.54, 1.807) is 16.6 Å². The minimum absolute atomic E-state index is 0.162. The molecule has 1 saturated heterocycles. The second-order valence-corrected chi connectivity index (χ2v) is 6.61. The van der Waals surface area contributed by atoms with Crippen molar-refractivity contribution in [2.45, 2.75) is 32.2 Å². The molecular weight excluding hydrogens is 318 g/mol. The molecule has 0 bridgehead atoms. The Morgan fingerprint density at radius 3 is 2.68 bits per heavy atom. The molecule has 2 aliphatic heterocycles. The highest BCUT2D eigenvalue weighted by Gasteiger charge is 2.43. The first-order valence-corrected chi connectivity index (χ1v) is 8.47. The number of hydrogen-bond donors (Lipinski definition) is 0. The van der Waals surface area contributed by atoms with E-state index in [1.807, 2.05) is 31.2 Å². The average molecular weight is 337 g/mol. The van der Waals surface area contributed by atoms with Crippen LogP contribution in [-0.4, -0.2) is 38.2 Å². The zero-order valence-electron chi connectivity index (χ0n) is 14.3. The van der Waals surface area contributed by atoms with Crippen molar-refractivity contribution >= 4 is 11.5 Å². The van der Waals surface area contributed by atoms with Crippen molar-refractivity contribution in [3.05, 3.63) is 46.3 Å². The molecule has 1 atom stereocenters. The van der Waals surface area contributed by atoms with E-state index in [2.05, 4.69) is 15.3 Å². The molecule has 4 rings (SSSR count). The predicted molar refractivity (Wildman–Crippen MR) is 93.2 cm³/mol. The van der Waals surface area contributed by atoms with E-state index in [9.17, 15) is 9.70 Å². The summed E-state index contributed by atoms with van der Waals surface area (Å²) in [5, 5.41) is 7.63. The van der Waals surface area contributed by atoms with Gasteiger partial charge in [0, 0.05) is 19.2 Å². The molecule has 1 unspecified atom stereocenters. The molecule has 1 amide bonds. The minimum atomic E-state index is -0.215. The molecule has 7 nitrogen and oxygen atoms in total. The summed E-state index contributed by atoms with van der Waals surface area (Å²) in [5.74, 6) is 0.780. The Labute approximate surface area is 145 Å². The number of hydrogen-bond acceptors (Lipinski definition) is 5. The van der Waals surface area contributed by atoms with Gasteiger partial charge in [0.1, 0.15) is 11.3 Å². The molecule has 0 radical (unpaired) electrons. The number of rotatable bonds is 3. The highest BCUT2D eigenvalue weighted by molar-refractivity contribution is 6.22. The number of amides is 1. The number of aromatic nitrogens is 3. The molecule has 2 aromatic rings. The first-order valence-electron chi connectivity index (χ1n) is 8.47. The number of carbonyl (C=O) groups excluding carboxylic acids is 1. The Hall–Kier alpha value is -2.83. The Balaban J connectivity index is 1.79. The zero-order chi connectivity index (χ0) is 17.6. The van der Waals surface area contributed by atoms with Crippen LogP contribution in [0.3, 0.4) is 0 Å². The molecule has 0 saturated carbocycles. The maximum Gasteiger partial charge on any atom is 0.260 e. The smallest absolute Gasteiger partial charge is 0.260 e. The fourth-order valence-corrected chi connectivity index (χ4v) is 3.62. The van der Waals surface area contributed by atoms with Crippen molar-refractivity contribution in [1.82, 2.24) is 19.7 Å². The topological polar surface area (TPSA) is 80.5 Å². The van der Waals surface area contributed by atoms with Crippen LogP contribution in [0.15, 0.2) is 35.1 Å². The SMILES string of the molecule is Cc1ccc(-c2nc(C3=C(N=O)C4CCCCN4C3=O)n(C)n2)cc1. The number of aryl methyl sites for hydroxylation is 2. The van der Waals surface area contributed by atoms with Crippen molar-refractivity contribution in [3.8, 4) is 11.4 Å². The third-order valence-corrected chi connectivity index (χ3v) is 4.94. The minimum Gasteiger partial charge on any atom is -0.330 e. The van der Waals surface area contributed by atoms with Crippen molar-refractivity contribution in [2.75, 3.05) is 6.54 Å². The van der Waals surface area contributed by atoms with Crippen LogP contribution in [0.25, 0.3) is 17.0 Å². The van der Waals surface area contributed by atoms with Crippen molar-refractivity contribution in [2.24, 2.45) is 12.2 Å². The van der Waals surface area contributed by atoms with Gasteiger partial charge in [-0.05, 0) is 31.4 Å². The molecule has 25 heavy (non-hydrogen) atoms. The number of nitrogens with zero attached hydrogens (tertiary/aromatic N) is 5. The standard InChI is InChI=1S/C18H19N5O2/c1-11-6-8-12(9-7-11)16-19-17(22(2)20-16)14-15(21-25)13-5-3-4-10-23(13)18(14)24/h6-9,13H,3-5,10H2,1-2H3. The highest BCUT2D eigenvalue weighted by Crippen LogP contribution is 2.37. The quantitative estimate of drug-likeness (QED) is 0.807. The van der Waals surface area contributed by atoms with Crippen molar-refractivity contribution < 1.29 is 4.79 Å². The third kappa shape index (κ3) is 2.47. The lowest BCUT2D eigenvalue weighted by Gasteiger charge is -2.29.